The first-order valence-corrected chi connectivity index (χ1v) is 10.8. The standard InChI is InChI=1S/C25H30N4S/c1-15(2)27-25-23(13-26)21(11-22-16(3)9-17(4)28-18(22)5)12-24(29-25)20-8-6-7-19(10-20)14-30/h6-10,12-13,15,26,28,30H,5,11,14H2,1-4H3,(H,27,29). The van der Waals surface area contributed by atoms with Gasteiger partial charge in [0, 0.05) is 47.0 Å². The van der Waals surface area contributed by atoms with Gasteiger partial charge in [-0.05, 0) is 68.2 Å². The van der Waals surface area contributed by atoms with Crippen LogP contribution in [-0.2, 0) is 12.2 Å². The molecule has 3 N–H and O–H groups in total. The monoisotopic (exact) mass is 418 g/mol. The molecule has 1 aliphatic heterocycles. The Morgan fingerprint density at radius 3 is 2.67 bits per heavy atom. The molecule has 0 aliphatic carbocycles. The van der Waals surface area contributed by atoms with E-state index in [-0.39, 0.29) is 6.04 Å². The molecule has 0 spiro atoms. The molecule has 30 heavy (non-hydrogen) atoms. The largest absolute Gasteiger partial charge is 0.367 e. The van der Waals surface area contributed by atoms with Gasteiger partial charge in [0.25, 0.3) is 0 Å². The van der Waals surface area contributed by atoms with Gasteiger partial charge in [0.1, 0.15) is 5.82 Å². The highest BCUT2D eigenvalue weighted by atomic mass is 32.1. The molecule has 2 aromatic rings. The summed E-state index contributed by atoms with van der Waals surface area (Å²) in [4.78, 5) is 4.88. The third-order valence-corrected chi connectivity index (χ3v) is 5.47. The number of dihydropyridines is 1. The molecule has 156 valence electrons. The number of rotatable bonds is 7. The fourth-order valence-electron chi connectivity index (χ4n) is 3.71. The molecular formula is C25H30N4S. The van der Waals surface area contributed by atoms with Gasteiger partial charge < -0.3 is 16.0 Å². The van der Waals surface area contributed by atoms with Gasteiger partial charge in [-0.2, -0.15) is 12.6 Å². The second-order valence-electron chi connectivity index (χ2n) is 8.00. The molecule has 5 heteroatoms. The van der Waals surface area contributed by atoms with Gasteiger partial charge in [-0.1, -0.05) is 24.8 Å². The van der Waals surface area contributed by atoms with Crippen LogP contribution in [0.3, 0.4) is 0 Å². The van der Waals surface area contributed by atoms with E-state index < -0.39 is 0 Å². The predicted octanol–water partition coefficient (Wildman–Crippen LogP) is 5.88. The smallest absolute Gasteiger partial charge is 0.135 e. The van der Waals surface area contributed by atoms with E-state index in [0.717, 1.165) is 50.7 Å². The van der Waals surface area contributed by atoms with Crippen LogP contribution in [0, 0.1) is 5.41 Å². The SMILES string of the molecule is C=C1NC(C)=CC(C)=C1Cc1cc(-c2cccc(CS)c2)nc(NC(C)C)c1C=N. The van der Waals surface area contributed by atoms with Crippen LogP contribution in [0.25, 0.3) is 11.3 Å². The Balaban J connectivity index is 2.16. The van der Waals surface area contributed by atoms with Gasteiger partial charge in [0.15, 0.2) is 0 Å². The maximum atomic E-state index is 8.08. The van der Waals surface area contributed by atoms with Crippen molar-refractivity contribution in [3.8, 4) is 11.3 Å². The number of benzene rings is 1. The minimum absolute atomic E-state index is 0.209. The molecule has 1 aliphatic rings. The third kappa shape index (κ3) is 4.85. The Morgan fingerprint density at radius 1 is 1.27 bits per heavy atom. The van der Waals surface area contributed by atoms with Gasteiger partial charge in [-0.25, -0.2) is 4.98 Å². The van der Waals surface area contributed by atoms with E-state index in [9.17, 15) is 0 Å². The molecule has 4 nitrogen and oxygen atoms in total. The summed E-state index contributed by atoms with van der Waals surface area (Å²) < 4.78 is 0. The fourth-order valence-corrected chi connectivity index (χ4v) is 3.91. The van der Waals surface area contributed by atoms with E-state index >= 15 is 0 Å². The highest BCUT2D eigenvalue weighted by Crippen LogP contribution is 2.30. The maximum Gasteiger partial charge on any atom is 0.135 e. The number of hydrogen-bond donors (Lipinski definition) is 4. The van der Waals surface area contributed by atoms with Crippen molar-refractivity contribution in [2.45, 2.75) is 45.9 Å². The highest BCUT2D eigenvalue weighted by molar-refractivity contribution is 7.79. The molecule has 0 unspecified atom stereocenters. The van der Waals surface area contributed by atoms with Crippen molar-refractivity contribution in [3.63, 3.8) is 0 Å². The molecule has 0 bridgehead atoms. The van der Waals surface area contributed by atoms with Crippen LogP contribution in [-0.4, -0.2) is 17.2 Å². The van der Waals surface area contributed by atoms with Gasteiger partial charge in [0.2, 0.25) is 0 Å². The molecule has 2 heterocycles. The lowest BCUT2D eigenvalue weighted by Crippen LogP contribution is -2.19. The average Bonchev–Trinajstić information content (AvgIpc) is 2.70. The van der Waals surface area contributed by atoms with Crippen LogP contribution >= 0.6 is 12.6 Å². The molecule has 0 radical (unpaired) electrons. The highest BCUT2D eigenvalue weighted by Gasteiger charge is 2.18. The van der Waals surface area contributed by atoms with Crippen LogP contribution in [0.1, 0.15) is 44.4 Å². The first-order valence-electron chi connectivity index (χ1n) is 10.2. The van der Waals surface area contributed by atoms with E-state index in [4.69, 9.17) is 10.4 Å². The Kier molecular flexibility index (Phi) is 6.83. The van der Waals surface area contributed by atoms with Crippen LogP contribution in [0.4, 0.5) is 5.82 Å². The zero-order valence-electron chi connectivity index (χ0n) is 18.1. The summed E-state index contributed by atoms with van der Waals surface area (Å²) in [5.74, 6) is 1.42. The number of nitrogens with zero attached hydrogens (tertiary/aromatic N) is 1. The Hall–Kier alpha value is -2.79. The Morgan fingerprint density at radius 2 is 2.03 bits per heavy atom. The average molecular weight is 419 g/mol. The first-order chi connectivity index (χ1) is 14.3. The third-order valence-electron chi connectivity index (χ3n) is 5.11. The van der Waals surface area contributed by atoms with E-state index in [2.05, 4.69) is 81.0 Å². The van der Waals surface area contributed by atoms with Crippen LogP contribution < -0.4 is 10.6 Å². The summed E-state index contributed by atoms with van der Waals surface area (Å²) in [5, 5.41) is 14.8. The molecule has 1 aromatic heterocycles. The molecule has 0 saturated heterocycles. The second kappa shape index (κ2) is 9.35. The number of hydrogen-bond acceptors (Lipinski definition) is 5. The van der Waals surface area contributed by atoms with Crippen molar-refractivity contribution < 1.29 is 0 Å². The maximum absolute atomic E-state index is 8.08. The molecule has 0 fully saturated rings. The van der Waals surface area contributed by atoms with Crippen LogP contribution in [0.2, 0.25) is 0 Å². The minimum atomic E-state index is 0.209. The van der Waals surface area contributed by atoms with Crippen molar-refractivity contribution in [1.82, 2.24) is 10.3 Å². The number of nitrogens with one attached hydrogen (secondary N) is 3. The molecular weight excluding hydrogens is 388 g/mol. The number of allylic oxidation sites excluding steroid dienone is 4. The summed E-state index contributed by atoms with van der Waals surface area (Å²) in [7, 11) is 0. The summed E-state index contributed by atoms with van der Waals surface area (Å²) in [6.07, 6.45) is 4.22. The summed E-state index contributed by atoms with van der Waals surface area (Å²) >= 11 is 4.41. The van der Waals surface area contributed by atoms with E-state index in [1.165, 1.54) is 11.8 Å². The van der Waals surface area contributed by atoms with Crippen molar-refractivity contribution in [2.75, 3.05) is 5.32 Å². The van der Waals surface area contributed by atoms with E-state index in [1.54, 1.807) is 0 Å². The zero-order chi connectivity index (χ0) is 21.8. The topological polar surface area (TPSA) is 60.8 Å². The number of thiol groups is 1. The van der Waals surface area contributed by atoms with E-state index in [0.29, 0.717) is 12.2 Å². The van der Waals surface area contributed by atoms with Crippen molar-refractivity contribution in [1.29, 1.82) is 5.41 Å². The molecule has 0 atom stereocenters. The molecule has 3 rings (SSSR count). The number of aromatic nitrogens is 1. The summed E-state index contributed by atoms with van der Waals surface area (Å²) in [6.45, 7) is 12.5. The Labute approximate surface area is 185 Å². The minimum Gasteiger partial charge on any atom is -0.367 e. The quantitative estimate of drug-likeness (QED) is 0.336. The lowest BCUT2D eigenvalue weighted by molar-refractivity contribution is 0.885. The lowest BCUT2D eigenvalue weighted by Gasteiger charge is -2.23. The normalized spacial score (nSPS) is 13.9. The summed E-state index contributed by atoms with van der Waals surface area (Å²) in [5.41, 5.74) is 9.32. The second-order valence-corrected chi connectivity index (χ2v) is 8.32. The van der Waals surface area contributed by atoms with Crippen molar-refractivity contribution in [2.24, 2.45) is 0 Å². The van der Waals surface area contributed by atoms with Crippen molar-refractivity contribution in [3.05, 3.63) is 82.2 Å². The van der Waals surface area contributed by atoms with Gasteiger partial charge >= 0.3 is 0 Å². The first kappa shape index (κ1) is 21.9. The number of anilines is 1. The lowest BCUT2D eigenvalue weighted by atomic mass is 9.92. The van der Waals surface area contributed by atoms with E-state index in [1.807, 2.05) is 13.0 Å². The van der Waals surface area contributed by atoms with Gasteiger partial charge in [0.05, 0.1) is 5.69 Å². The molecule has 0 amide bonds. The predicted molar refractivity (Wildman–Crippen MR) is 131 cm³/mol. The Bertz CT molecular complexity index is 1050. The van der Waals surface area contributed by atoms with Crippen LogP contribution in [0.5, 0.6) is 0 Å². The van der Waals surface area contributed by atoms with Gasteiger partial charge in [-0.15, -0.1) is 0 Å². The van der Waals surface area contributed by atoms with Crippen molar-refractivity contribution >= 4 is 24.7 Å². The zero-order valence-corrected chi connectivity index (χ0v) is 19.0. The number of pyridine rings is 1. The van der Waals surface area contributed by atoms with Gasteiger partial charge in [-0.3, -0.25) is 0 Å². The molecule has 0 saturated carbocycles. The van der Waals surface area contributed by atoms with Crippen LogP contribution in [0.15, 0.2) is 65.5 Å². The summed E-state index contributed by atoms with van der Waals surface area (Å²) in [6, 6.07) is 10.6. The fraction of sp³-hybridized carbons (Fsp3) is 0.280. The molecule has 1 aromatic carbocycles.